The molecule has 0 aromatic heterocycles. The number of hydrogen-bond donors (Lipinski definition) is 2. The van der Waals surface area contributed by atoms with Gasteiger partial charge in [-0.15, -0.1) is 0 Å². The molecule has 0 aromatic rings. The lowest BCUT2D eigenvalue weighted by Gasteiger charge is -2.00. The van der Waals surface area contributed by atoms with E-state index in [0.29, 0.717) is 0 Å². The van der Waals surface area contributed by atoms with Crippen LogP contribution in [0.25, 0.3) is 0 Å². The van der Waals surface area contributed by atoms with Gasteiger partial charge in [-0.1, -0.05) is 23.2 Å². The fourth-order valence-corrected chi connectivity index (χ4v) is 0.352. The largest absolute Gasteiger partial charge is 0.322 e. The lowest BCUT2D eigenvalue weighted by atomic mass is 10.5. The number of rotatable bonds is 2. The van der Waals surface area contributed by atoms with Crippen LogP contribution in [0, 0.1) is 0 Å². The number of nitrogens with two attached hydrogens (primary N) is 1. The molecule has 0 radical (unpaired) electrons. The van der Waals surface area contributed by atoms with Gasteiger partial charge in [-0.3, -0.25) is 14.9 Å². The molecule has 3 N–H and O–H groups in total. The average Bonchev–Trinajstić information content (AvgIpc) is 1.87. The normalized spacial score (nSPS) is 9.60. The molecule has 4 nitrogen and oxygen atoms in total. The number of amides is 2. The molecule has 0 atom stereocenters. The molecule has 6 heteroatoms. The van der Waals surface area contributed by atoms with Crippen LogP contribution in [0.3, 0.4) is 0 Å². The average molecular weight is 185 g/mol. The Morgan fingerprint density at radius 3 is 2.30 bits per heavy atom. The molecular weight excluding hydrogens is 179 g/mol. The summed E-state index contributed by atoms with van der Waals surface area (Å²) < 4.78 is 0. The van der Waals surface area contributed by atoms with Gasteiger partial charge in [0.05, 0.1) is 6.54 Å². The van der Waals surface area contributed by atoms with E-state index in [1.54, 1.807) is 0 Å². The second kappa shape index (κ2) is 4.49. The minimum Gasteiger partial charge on any atom is -0.322 e. The Balaban J connectivity index is 3.69. The summed E-state index contributed by atoms with van der Waals surface area (Å²) in [6.45, 7) is -0.258. The molecule has 0 unspecified atom stereocenters. The van der Waals surface area contributed by atoms with Crippen molar-refractivity contribution in [1.29, 1.82) is 0 Å². The Bertz CT molecular complexity index is 148. The highest BCUT2D eigenvalue weighted by Crippen LogP contribution is 1.99. The second-order valence-corrected chi connectivity index (χ2v) is 2.51. The minimum absolute atomic E-state index is 0.258. The van der Waals surface area contributed by atoms with E-state index in [1.165, 1.54) is 0 Å². The predicted molar refractivity (Wildman–Crippen MR) is 37.7 cm³/mol. The van der Waals surface area contributed by atoms with E-state index in [-0.39, 0.29) is 6.54 Å². The van der Waals surface area contributed by atoms with Crippen molar-refractivity contribution in [1.82, 2.24) is 5.32 Å². The molecule has 10 heavy (non-hydrogen) atoms. The number of halogens is 2. The molecule has 2 amide bonds. The van der Waals surface area contributed by atoms with E-state index >= 15 is 0 Å². The summed E-state index contributed by atoms with van der Waals surface area (Å²) in [5.41, 5.74) is 4.87. The first-order valence-electron chi connectivity index (χ1n) is 2.40. The zero-order chi connectivity index (χ0) is 8.15. The van der Waals surface area contributed by atoms with Crippen LogP contribution in [0.5, 0.6) is 0 Å². The van der Waals surface area contributed by atoms with Gasteiger partial charge in [-0.05, 0) is 0 Å². The SMILES string of the molecule is NCC(=O)NC(=O)C(Cl)Cl. The Morgan fingerprint density at radius 2 is 2.00 bits per heavy atom. The summed E-state index contributed by atoms with van der Waals surface area (Å²) in [6.07, 6.45) is 0. The van der Waals surface area contributed by atoms with Gasteiger partial charge in [0.1, 0.15) is 0 Å². The van der Waals surface area contributed by atoms with Gasteiger partial charge in [0, 0.05) is 0 Å². The van der Waals surface area contributed by atoms with Crippen LogP contribution in [0.1, 0.15) is 0 Å². The number of carbonyl (C=O) groups excluding carboxylic acids is 2. The molecule has 0 heterocycles. The topological polar surface area (TPSA) is 72.2 Å². The third-order valence-electron chi connectivity index (χ3n) is 0.646. The summed E-state index contributed by atoms with van der Waals surface area (Å²) in [5.74, 6) is -1.35. The van der Waals surface area contributed by atoms with Gasteiger partial charge in [-0.25, -0.2) is 0 Å². The molecule has 58 valence electrons. The molecule has 0 aliphatic rings. The van der Waals surface area contributed by atoms with Crippen molar-refractivity contribution in [2.24, 2.45) is 5.73 Å². The monoisotopic (exact) mass is 184 g/mol. The maximum atomic E-state index is 10.5. The van der Waals surface area contributed by atoms with E-state index in [9.17, 15) is 9.59 Å². The van der Waals surface area contributed by atoms with Crippen LogP contribution >= 0.6 is 23.2 Å². The number of nitrogens with one attached hydrogen (secondary N) is 1. The fourth-order valence-electron chi connectivity index (χ4n) is 0.243. The second-order valence-electron chi connectivity index (χ2n) is 1.42. The van der Waals surface area contributed by atoms with Crippen molar-refractivity contribution in [3.8, 4) is 0 Å². The summed E-state index contributed by atoms with van der Waals surface area (Å²) in [4.78, 5) is 19.6. The van der Waals surface area contributed by atoms with Crippen molar-refractivity contribution in [3.05, 3.63) is 0 Å². The van der Waals surface area contributed by atoms with Crippen LogP contribution < -0.4 is 11.1 Å². The summed E-state index contributed by atoms with van der Waals surface area (Å²) >= 11 is 10.2. The van der Waals surface area contributed by atoms with Gasteiger partial charge in [-0.2, -0.15) is 0 Å². The Labute approximate surface area is 67.7 Å². The van der Waals surface area contributed by atoms with E-state index in [4.69, 9.17) is 28.9 Å². The van der Waals surface area contributed by atoms with Crippen molar-refractivity contribution >= 4 is 35.0 Å². The maximum absolute atomic E-state index is 10.5. The molecular formula is C4H6Cl2N2O2. The van der Waals surface area contributed by atoms with E-state index < -0.39 is 16.7 Å². The number of carbonyl (C=O) groups is 2. The van der Waals surface area contributed by atoms with Crippen LogP contribution in [0.2, 0.25) is 0 Å². The molecule has 0 rings (SSSR count). The minimum atomic E-state index is -1.23. The molecule has 0 aliphatic carbocycles. The quantitative estimate of drug-likeness (QED) is 0.563. The Kier molecular flexibility index (Phi) is 4.34. The standard InChI is InChI=1S/C4H6Cl2N2O2/c5-3(6)4(10)8-2(9)1-7/h3H,1,7H2,(H,8,9,10). The summed E-state index contributed by atoms with van der Waals surface area (Å²) in [5, 5.41) is 1.86. The summed E-state index contributed by atoms with van der Waals surface area (Å²) in [7, 11) is 0. The van der Waals surface area contributed by atoms with E-state index in [2.05, 4.69) is 0 Å². The highest BCUT2D eigenvalue weighted by Gasteiger charge is 2.12. The lowest BCUT2D eigenvalue weighted by Crippen LogP contribution is -2.38. The number of alkyl halides is 2. The Hall–Kier alpha value is -0.320. The van der Waals surface area contributed by atoms with Crippen molar-refractivity contribution < 1.29 is 9.59 Å². The molecule has 0 saturated heterocycles. The Morgan fingerprint density at radius 1 is 1.50 bits per heavy atom. The highest BCUT2D eigenvalue weighted by atomic mass is 35.5. The zero-order valence-electron chi connectivity index (χ0n) is 4.93. The maximum Gasteiger partial charge on any atom is 0.259 e. The summed E-state index contributed by atoms with van der Waals surface area (Å²) in [6, 6.07) is 0. The third kappa shape index (κ3) is 3.66. The highest BCUT2D eigenvalue weighted by molar-refractivity contribution is 6.54. The van der Waals surface area contributed by atoms with Crippen molar-refractivity contribution in [2.45, 2.75) is 4.84 Å². The van der Waals surface area contributed by atoms with Crippen LogP contribution in [-0.4, -0.2) is 23.2 Å². The van der Waals surface area contributed by atoms with Gasteiger partial charge in [0.25, 0.3) is 5.91 Å². The van der Waals surface area contributed by atoms with Gasteiger partial charge in [0.15, 0.2) is 4.84 Å². The van der Waals surface area contributed by atoms with E-state index in [0.717, 1.165) is 0 Å². The molecule has 0 bridgehead atoms. The first kappa shape index (κ1) is 9.68. The fraction of sp³-hybridized carbons (Fsp3) is 0.500. The molecule has 0 saturated carbocycles. The third-order valence-corrected chi connectivity index (χ3v) is 1.04. The number of hydrogen-bond acceptors (Lipinski definition) is 3. The van der Waals surface area contributed by atoms with Crippen molar-refractivity contribution in [2.75, 3.05) is 6.54 Å². The lowest BCUT2D eigenvalue weighted by molar-refractivity contribution is -0.128. The first-order valence-corrected chi connectivity index (χ1v) is 3.27. The van der Waals surface area contributed by atoms with Gasteiger partial charge >= 0.3 is 0 Å². The predicted octanol–water partition coefficient (Wildman–Crippen LogP) is -0.608. The van der Waals surface area contributed by atoms with Gasteiger partial charge in [0.2, 0.25) is 5.91 Å². The first-order chi connectivity index (χ1) is 4.57. The molecule has 0 aliphatic heterocycles. The van der Waals surface area contributed by atoms with Crippen LogP contribution in [0.4, 0.5) is 0 Å². The molecule has 0 fully saturated rings. The molecule has 0 spiro atoms. The zero-order valence-corrected chi connectivity index (χ0v) is 6.45. The van der Waals surface area contributed by atoms with Crippen molar-refractivity contribution in [3.63, 3.8) is 0 Å². The number of imide groups is 1. The van der Waals surface area contributed by atoms with Crippen LogP contribution in [0.15, 0.2) is 0 Å². The van der Waals surface area contributed by atoms with E-state index in [1.807, 2.05) is 5.32 Å². The smallest absolute Gasteiger partial charge is 0.259 e. The van der Waals surface area contributed by atoms with Gasteiger partial charge < -0.3 is 5.73 Å². The molecule has 0 aromatic carbocycles. The van der Waals surface area contributed by atoms with Crippen LogP contribution in [-0.2, 0) is 9.59 Å².